The molecule has 0 saturated heterocycles. The van der Waals surface area contributed by atoms with Gasteiger partial charge >= 0.3 is 0 Å². The number of nitrogens with zero attached hydrogens (tertiary/aromatic N) is 2. The van der Waals surface area contributed by atoms with Gasteiger partial charge in [0.25, 0.3) is 5.91 Å². The van der Waals surface area contributed by atoms with Crippen molar-refractivity contribution in [3.8, 4) is 5.69 Å². The maximum Gasteiger partial charge on any atom is 0.257 e. The molecule has 0 atom stereocenters. The van der Waals surface area contributed by atoms with Gasteiger partial charge in [0.2, 0.25) is 0 Å². The minimum Gasteiger partial charge on any atom is -0.360 e. The van der Waals surface area contributed by atoms with Crippen LogP contribution in [0.5, 0.6) is 0 Å². The second-order valence-corrected chi connectivity index (χ2v) is 7.48. The third-order valence-corrected chi connectivity index (χ3v) is 5.24. The third kappa shape index (κ3) is 3.64. The van der Waals surface area contributed by atoms with E-state index in [9.17, 15) is 9.59 Å². The molecule has 0 unspecified atom stereocenters. The number of H-pyrrole nitrogens is 1. The summed E-state index contributed by atoms with van der Waals surface area (Å²) in [7, 11) is 0. The predicted octanol–water partition coefficient (Wildman–Crippen LogP) is 5.21. The third-order valence-electron chi connectivity index (χ3n) is 5.24. The Bertz CT molecular complexity index is 1230. The molecule has 6 nitrogen and oxygen atoms in total. The number of nitrogens with one attached hydrogen (secondary N) is 2. The Labute approximate surface area is 174 Å². The number of hydrogen-bond acceptors (Lipinski definition) is 3. The van der Waals surface area contributed by atoms with Gasteiger partial charge in [-0.05, 0) is 56.2 Å². The molecular formula is C24H24N4O2. The molecule has 0 aliphatic heterocycles. The zero-order valence-corrected chi connectivity index (χ0v) is 17.3. The lowest BCUT2D eigenvalue weighted by atomic mass is 10.1. The molecule has 2 aromatic heterocycles. The first kappa shape index (κ1) is 19.6. The monoisotopic (exact) mass is 400 g/mol. The molecule has 4 rings (SSSR count). The van der Waals surface area contributed by atoms with Crippen LogP contribution in [0.2, 0.25) is 0 Å². The van der Waals surface area contributed by atoms with Crippen LogP contribution in [-0.4, -0.2) is 26.5 Å². The zero-order chi connectivity index (χ0) is 21.3. The summed E-state index contributed by atoms with van der Waals surface area (Å²) in [5, 5.41) is 8.20. The number of carbonyl (C=O) groups excluding carboxylic acids is 2. The molecule has 0 bridgehead atoms. The molecule has 6 heteroatoms. The van der Waals surface area contributed by atoms with E-state index in [1.807, 2.05) is 63.2 Å². The van der Waals surface area contributed by atoms with Gasteiger partial charge in [-0.15, -0.1) is 0 Å². The van der Waals surface area contributed by atoms with Gasteiger partial charge < -0.3 is 10.3 Å². The summed E-state index contributed by atoms with van der Waals surface area (Å²) in [6.07, 6.45) is 4.69. The molecule has 0 spiro atoms. The van der Waals surface area contributed by atoms with Crippen LogP contribution in [0.15, 0.2) is 54.9 Å². The van der Waals surface area contributed by atoms with Gasteiger partial charge in [0, 0.05) is 29.2 Å². The van der Waals surface area contributed by atoms with Gasteiger partial charge in [-0.1, -0.05) is 19.1 Å². The average Bonchev–Trinajstić information content (AvgIpc) is 3.32. The molecule has 0 aliphatic rings. The van der Waals surface area contributed by atoms with E-state index >= 15 is 0 Å². The number of carbonyl (C=O) groups is 2. The van der Waals surface area contributed by atoms with Crippen molar-refractivity contribution in [3.05, 3.63) is 77.2 Å². The highest BCUT2D eigenvalue weighted by Gasteiger charge is 2.15. The number of aromatic nitrogens is 3. The maximum absolute atomic E-state index is 12.7. The molecule has 0 fully saturated rings. The minimum atomic E-state index is -0.166. The number of fused-ring (bicyclic) bond motifs is 1. The van der Waals surface area contributed by atoms with Crippen molar-refractivity contribution in [1.82, 2.24) is 14.8 Å². The van der Waals surface area contributed by atoms with Crippen molar-refractivity contribution in [2.45, 2.75) is 33.6 Å². The van der Waals surface area contributed by atoms with Crippen LogP contribution in [-0.2, 0) is 0 Å². The Morgan fingerprint density at radius 3 is 2.57 bits per heavy atom. The highest BCUT2D eigenvalue weighted by molar-refractivity contribution is 6.12. The fourth-order valence-corrected chi connectivity index (χ4v) is 3.62. The van der Waals surface area contributed by atoms with Crippen molar-refractivity contribution in [2.75, 3.05) is 5.32 Å². The quantitative estimate of drug-likeness (QED) is 0.436. The van der Waals surface area contributed by atoms with Gasteiger partial charge in [-0.3, -0.25) is 9.59 Å². The Morgan fingerprint density at radius 1 is 1.07 bits per heavy atom. The maximum atomic E-state index is 12.7. The van der Waals surface area contributed by atoms with E-state index in [4.69, 9.17) is 0 Å². The molecule has 30 heavy (non-hydrogen) atoms. The molecule has 2 heterocycles. The number of aryl methyl sites for hydroxylation is 1. The Morgan fingerprint density at radius 2 is 1.83 bits per heavy atom. The lowest BCUT2D eigenvalue weighted by Gasteiger charge is -2.08. The highest BCUT2D eigenvalue weighted by Crippen LogP contribution is 2.22. The largest absolute Gasteiger partial charge is 0.360 e. The minimum absolute atomic E-state index is 0.110. The lowest BCUT2D eigenvalue weighted by molar-refractivity contribution is 0.0979. The van der Waals surface area contributed by atoms with E-state index in [-0.39, 0.29) is 11.7 Å². The Hall–Kier alpha value is -3.67. The van der Waals surface area contributed by atoms with Gasteiger partial charge in [-0.25, -0.2) is 4.68 Å². The molecule has 152 valence electrons. The van der Waals surface area contributed by atoms with Crippen molar-refractivity contribution in [3.63, 3.8) is 0 Å². The van der Waals surface area contributed by atoms with E-state index < -0.39 is 0 Å². The number of Topliss-reactive ketones (excluding diaryl/α,β-unsaturated/α-hetero) is 1. The van der Waals surface area contributed by atoms with Gasteiger partial charge in [-0.2, -0.15) is 5.10 Å². The van der Waals surface area contributed by atoms with Crippen LogP contribution in [0.4, 0.5) is 5.69 Å². The smallest absolute Gasteiger partial charge is 0.257 e. The van der Waals surface area contributed by atoms with Crippen LogP contribution < -0.4 is 5.32 Å². The number of amides is 1. The van der Waals surface area contributed by atoms with Gasteiger partial charge in [0.15, 0.2) is 5.78 Å². The molecule has 1 amide bonds. The average molecular weight is 400 g/mol. The second-order valence-electron chi connectivity index (χ2n) is 7.48. The molecule has 0 radical (unpaired) electrons. The van der Waals surface area contributed by atoms with Crippen LogP contribution in [0.25, 0.3) is 16.6 Å². The number of aromatic amines is 1. The van der Waals surface area contributed by atoms with Gasteiger partial charge in [0.1, 0.15) is 0 Å². The summed E-state index contributed by atoms with van der Waals surface area (Å²) in [6.45, 7) is 5.90. The highest BCUT2D eigenvalue weighted by atomic mass is 16.1. The fourth-order valence-electron chi connectivity index (χ4n) is 3.62. The number of rotatable bonds is 6. The first-order chi connectivity index (χ1) is 14.5. The topological polar surface area (TPSA) is 79.8 Å². The molecule has 0 aliphatic carbocycles. The van der Waals surface area contributed by atoms with Crippen molar-refractivity contribution < 1.29 is 9.59 Å². The van der Waals surface area contributed by atoms with E-state index in [0.717, 1.165) is 34.3 Å². The van der Waals surface area contributed by atoms with Crippen molar-refractivity contribution in [1.29, 1.82) is 0 Å². The number of benzene rings is 2. The molecule has 0 saturated carbocycles. The summed E-state index contributed by atoms with van der Waals surface area (Å²) in [5.41, 5.74) is 5.69. The van der Waals surface area contributed by atoms with E-state index in [0.29, 0.717) is 23.2 Å². The van der Waals surface area contributed by atoms with Gasteiger partial charge in [0.05, 0.1) is 28.7 Å². The van der Waals surface area contributed by atoms with Crippen LogP contribution >= 0.6 is 0 Å². The lowest BCUT2D eigenvalue weighted by Crippen LogP contribution is -2.11. The van der Waals surface area contributed by atoms with Crippen LogP contribution in [0.3, 0.4) is 0 Å². The first-order valence-corrected chi connectivity index (χ1v) is 10.0. The number of anilines is 1. The summed E-state index contributed by atoms with van der Waals surface area (Å²) in [4.78, 5) is 28.1. The summed E-state index contributed by atoms with van der Waals surface area (Å²) < 4.78 is 1.75. The Kier molecular flexibility index (Phi) is 5.23. The molecule has 4 aromatic rings. The summed E-state index contributed by atoms with van der Waals surface area (Å²) >= 11 is 0. The van der Waals surface area contributed by atoms with E-state index in [2.05, 4.69) is 15.4 Å². The zero-order valence-electron chi connectivity index (χ0n) is 17.3. The molecule has 2 N–H and O–H groups in total. The molecule has 2 aromatic carbocycles. The summed E-state index contributed by atoms with van der Waals surface area (Å²) in [5.74, 6) is -0.0559. The van der Waals surface area contributed by atoms with Crippen LogP contribution in [0.1, 0.15) is 51.7 Å². The second kappa shape index (κ2) is 7.99. The van der Waals surface area contributed by atoms with Crippen molar-refractivity contribution in [2.24, 2.45) is 0 Å². The van der Waals surface area contributed by atoms with Crippen molar-refractivity contribution >= 4 is 28.3 Å². The predicted molar refractivity (Wildman–Crippen MR) is 119 cm³/mol. The number of ketones is 1. The van der Waals surface area contributed by atoms with Crippen LogP contribution in [0, 0.1) is 13.8 Å². The fraction of sp³-hybridized carbons (Fsp3) is 0.208. The number of hydrogen-bond donors (Lipinski definition) is 2. The van der Waals surface area contributed by atoms with E-state index in [1.165, 1.54) is 0 Å². The van der Waals surface area contributed by atoms with E-state index in [1.54, 1.807) is 17.1 Å². The Balaban J connectivity index is 1.53. The summed E-state index contributed by atoms with van der Waals surface area (Å²) in [6, 6.07) is 13.4. The SMILES string of the molecule is CCCC(=O)c1cnn(-c2ccc(NC(=O)c3c[nH]c4cc(C)ccc34)cc2)c1C. The standard InChI is InChI=1S/C24H24N4O2/c1-4-5-23(29)20-14-26-28(16(20)3)18-9-7-17(8-10-18)27-24(30)21-13-25-22-12-15(2)6-11-19(21)22/h6-14,25H,4-5H2,1-3H3,(H,27,30). The first-order valence-electron chi connectivity index (χ1n) is 10.0. The molecular weight excluding hydrogens is 376 g/mol. The normalized spacial score (nSPS) is 11.0.